The van der Waals surface area contributed by atoms with Crippen LogP contribution in [0.3, 0.4) is 0 Å². The van der Waals surface area contributed by atoms with Crippen LogP contribution in [0.4, 0.5) is 5.00 Å². The summed E-state index contributed by atoms with van der Waals surface area (Å²) in [6, 6.07) is 8.51. The summed E-state index contributed by atoms with van der Waals surface area (Å²) in [4.78, 5) is 52.0. The van der Waals surface area contributed by atoms with Crippen molar-refractivity contribution >= 4 is 40.0 Å². The zero-order valence-electron chi connectivity index (χ0n) is 17.5. The van der Waals surface area contributed by atoms with E-state index >= 15 is 0 Å². The fourth-order valence-corrected chi connectivity index (χ4v) is 5.24. The highest BCUT2D eigenvalue weighted by molar-refractivity contribution is 7.16. The van der Waals surface area contributed by atoms with Gasteiger partial charge in [0.25, 0.3) is 17.7 Å². The summed E-state index contributed by atoms with van der Waals surface area (Å²) in [5.74, 6) is -2.53. The molecule has 1 atom stereocenters. The number of imide groups is 1. The number of hydrogen-bond acceptors (Lipinski definition) is 7. The quantitative estimate of drug-likeness (QED) is 0.533. The number of ether oxygens (including phenoxy) is 1. The van der Waals surface area contributed by atoms with Crippen LogP contribution in [-0.4, -0.2) is 41.2 Å². The number of carbonyl (C=O) groups excluding carboxylic acids is 4. The van der Waals surface area contributed by atoms with Crippen LogP contribution < -0.4 is 5.32 Å². The summed E-state index contributed by atoms with van der Waals surface area (Å²) in [6.45, 7) is 1.11. The van der Waals surface area contributed by atoms with E-state index in [1.54, 1.807) is 19.1 Å². The van der Waals surface area contributed by atoms with Gasteiger partial charge in [0.15, 0.2) is 6.10 Å². The van der Waals surface area contributed by atoms with Crippen molar-refractivity contribution in [2.24, 2.45) is 0 Å². The van der Waals surface area contributed by atoms with E-state index in [9.17, 15) is 24.4 Å². The van der Waals surface area contributed by atoms with Crippen LogP contribution in [0.1, 0.15) is 62.9 Å². The molecule has 1 aromatic carbocycles. The second kappa shape index (κ2) is 8.93. The fourth-order valence-electron chi connectivity index (χ4n) is 3.99. The van der Waals surface area contributed by atoms with Crippen molar-refractivity contribution in [3.05, 3.63) is 51.4 Å². The number of carbonyl (C=O) groups is 4. The molecule has 32 heavy (non-hydrogen) atoms. The van der Waals surface area contributed by atoms with E-state index in [0.29, 0.717) is 10.6 Å². The molecular weight excluding hydrogens is 430 g/mol. The summed E-state index contributed by atoms with van der Waals surface area (Å²) in [6.07, 6.45) is 2.86. The van der Waals surface area contributed by atoms with E-state index in [4.69, 9.17) is 4.74 Å². The minimum absolute atomic E-state index is 0.201. The smallest absolute Gasteiger partial charge is 0.327 e. The number of amides is 3. The Morgan fingerprint density at radius 2 is 1.84 bits per heavy atom. The molecule has 0 radical (unpaired) electrons. The molecule has 1 aromatic heterocycles. The Hall–Kier alpha value is -3.51. The average molecular weight is 452 g/mol. The zero-order valence-corrected chi connectivity index (χ0v) is 18.3. The standard InChI is InChI=1S/C23H21N3O5S/c1-2-17(20(28)25-21-16(11-24)13-7-5-6-10-18(13)32-21)31-19(27)12-26-22(29)14-8-3-4-9-15(14)23(26)30/h3-4,8-9,17H,2,5-7,10,12H2,1H3,(H,25,28)/t17-/m0/s1. The number of nitrogens with zero attached hydrogens (tertiary/aromatic N) is 2. The van der Waals surface area contributed by atoms with Gasteiger partial charge in [-0.05, 0) is 49.8 Å². The van der Waals surface area contributed by atoms with Crippen LogP contribution in [-0.2, 0) is 27.2 Å². The number of aryl methyl sites for hydroxylation is 1. The maximum absolute atomic E-state index is 12.8. The van der Waals surface area contributed by atoms with E-state index in [1.807, 2.05) is 0 Å². The maximum Gasteiger partial charge on any atom is 0.327 e. The van der Waals surface area contributed by atoms with Crippen molar-refractivity contribution in [2.75, 3.05) is 11.9 Å². The molecule has 1 N–H and O–H groups in total. The topological polar surface area (TPSA) is 117 Å². The molecule has 0 unspecified atom stereocenters. The van der Waals surface area contributed by atoms with Gasteiger partial charge < -0.3 is 10.1 Å². The van der Waals surface area contributed by atoms with Crippen LogP contribution >= 0.6 is 11.3 Å². The number of nitriles is 1. The highest BCUT2D eigenvalue weighted by Crippen LogP contribution is 2.37. The predicted molar refractivity (Wildman–Crippen MR) is 116 cm³/mol. The number of esters is 1. The molecule has 0 spiro atoms. The second-order valence-electron chi connectivity index (χ2n) is 7.64. The van der Waals surface area contributed by atoms with Gasteiger partial charge >= 0.3 is 5.97 Å². The molecule has 0 fully saturated rings. The first-order valence-corrected chi connectivity index (χ1v) is 11.3. The van der Waals surface area contributed by atoms with Gasteiger partial charge in [-0.3, -0.25) is 24.1 Å². The molecule has 4 rings (SSSR count). The van der Waals surface area contributed by atoms with Gasteiger partial charge in [0.05, 0.1) is 16.7 Å². The van der Waals surface area contributed by atoms with E-state index in [2.05, 4.69) is 11.4 Å². The van der Waals surface area contributed by atoms with Crippen molar-refractivity contribution in [3.63, 3.8) is 0 Å². The van der Waals surface area contributed by atoms with E-state index in [-0.39, 0.29) is 17.5 Å². The van der Waals surface area contributed by atoms with Crippen LogP contribution in [0.25, 0.3) is 0 Å². The summed E-state index contributed by atoms with van der Waals surface area (Å²) in [5.41, 5.74) is 1.95. The van der Waals surface area contributed by atoms with Gasteiger partial charge in [0.1, 0.15) is 17.6 Å². The number of nitrogens with one attached hydrogen (secondary N) is 1. The average Bonchev–Trinajstić information content (AvgIpc) is 3.27. The van der Waals surface area contributed by atoms with Gasteiger partial charge in [0, 0.05) is 4.88 Å². The first kappa shape index (κ1) is 21.7. The molecule has 0 saturated heterocycles. The number of fused-ring (bicyclic) bond motifs is 2. The second-order valence-corrected chi connectivity index (χ2v) is 8.75. The minimum atomic E-state index is -1.11. The van der Waals surface area contributed by atoms with Crippen molar-refractivity contribution in [1.29, 1.82) is 5.26 Å². The van der Waals surface area contributed by atoms with Gasteiger partial charge in [-0.25, -0.2) is 0 Å². The fraction of sp³-hybridized carbons (Fsp3) is 0.348. The van der Waals surface area contributed by atoms with Crippen LogP contribution in [0.2, 0.25) is 0 Å². The van der Waals surface area contributed by atoms with Gasteiger partial charge in [0.2, 0.25) is 0 Å². The molecule has 0 bridgehead atoms. The normalized spacial score (nSPS) is 15.6. The lowest BCUT2D eigenvalue weighted by Crippen LogP contribution is -2.39. The lowest BCUT2D eigenvalue weighted by Gasteiger charge is -2.18. The Kier molecular flexibility index (Phi) is 6.06. The monoisotopic (exact) mass is 451 g/mol. The Balaban J connectivity index is 1.42. The lowest BCUT2D eigenvalue weighted by molar-refractivity contribution is -0.154. The number of hydrogen-bond donors (Lipinski definition) is 1. The van der Waals surface area contributed by atoms with Gasteiger partial charge in [-0.15, -0.1) is 11.3 Å². The molecule has 0 saturated carbocycles. The van der Waals surface area contributed by atoms with Gasteiger partial charge in [-0.2, -0.15) is 5.26 Å². The third-order valence-electron chi connectivity index (χ3n) is 5.62. The third-order valence-corrected chi connectivity index (χ3v) is 6.83. The first-order valence-electron chi connectivity index (χ1n) is 10.4. The molecule has 1 aliphatic carbocycles. The number of benzene rings is 1. The molecule has 3 amide bonds. The Morgan fingerprint density at radius 3 is 2.47 bits per heavy atom. The van der Waals surface area contributed by atoms with E-state index < -0.39 is 36.3 Å². The molecule has 2 heterocycles. The van der Waals surface area contributed by atoms with E-state index in [0.717, 1.165) is 41.0 Å². The highest BCUT2D eigenvalue weighted by Gasteiger charge is 2.37. The molecular formula is C23H21N3O5S. The molecule has 2 aliphatic rings. The van der Waals surface area contributed by atoms with Crippen molar-refractivity contribution in [1.82, 2.24) is 4.90 Å². The van der Waals surface area contributed by atoms with Crippen LogP contribution in [0.15, 0.2) is 24.3 Å². The Morgan fingerprint density at radius 1 is 1.19 bits per heavy atom. The van der Waals surface area contributed by atoms with Crippen LogP contribution in [0, 0.1) is 11.3 Å². The minimum Gasteiger partial charge on any atom is -0.451 e. The molecule has 9 heteroatoms. The molecule has 1 aliphatic heterocycles. The van der Waals surface area contributed by atoms with Crippen molar-refractivity contribution in [2.45, 2.75) is 45.1 Å². The Labute approximate surface area is 188 Å². The number of anilines is 1. The predicted octanol–water partition coefficient (Wildman–Crippen LogP) is 3.06. The summed E-state index contributed by atoms with van der Waals surface area (Å²) >= 11 is 1.39. The van der Waals surface area contributed by atoms with Gasteiger partial charge in [-0.1, -0.05) is 19.1 Å². The van der Waals surface area contributed by atoms with Crippen molar-refractivity contribution in [3.8, 4) is 6.07 Å². The molecule has 2 aromatic rings. The zero-order chi connectivity index (χ0) is 22.8. The summed E-state index contributed by atoms with van der Waals surface area (Å²) < 4.78 is 5.29. The lowest BCUT2D eigenvalue weighted by atomic mass is 9.96. The molecule has 164 valence electrons. The third kappa shape index (κ3) is 3.89. The number of thiophene rings is 1. The summed E-state index contributed by atoms with van der Waals surface area (Å²) in [5, 5.41) is 12.8. The molecule has 8 nitrogen and oxygen atoms in total. The highest BCUT2D eigenvalue weighted by atomic mass is 32.1. The first-order chi connectivity index (χ1) is 15.4. The number of rotatable bonds is 6. The van der Waals surface area contributed by atoms with E-state index in [1.165, 1.54) is 23.5 Å². The van der Waals surface area contributed by atoms with Crippen LogP contribution in [0.5, 0.6) is 0 Å². The SMILES string of the molecule is CC[C@H](OC(=O)CN1C(=O)c2ccccc2C1=O)C(=O)Nc1sc2c(c1C#N)CCCC2. The summed E-state index contributed by atoms with van der Waals surface area (Å²) in [7, 11) is 0. The van der Waals surface area contributed by atoms with Crippen molar-refractivity contribution < 1.29 is 23.9 Å². The largest absolute Gasteiger partial charge is 0.451 e. The Bertz CT molecular complexity index is 1130. The maximum atomic E-state index is 12.8.